The van der Waals surface area contributed by atoms with Crippen LogP contribution in [0.4, 0.5) is 5.69 Å². The maximum atomic E-state index is 12.5. The Morgan fingerprint density at radius 3 is 2.56 bits per heavy atom. The zero-order chi connectivity index (χ0) is 23.3. The fourth-order valence-corrected chi connectivity index (χ4v) is 4.32. The minimum Gasteiger partial charge on any atom is -0.489 e. The summed E-state index contributed by atoms with van der Waals surface area (Å²) in [4.78, 5) is 28.8. The quantitative estimate of drug-likeness (QED) is 0.431. The standard InChI is InChI=1S/C27H27N3O4/c31-26(21-6-11-24-25(16-21)34-27(32)29-24)28-17-19-12-14-30(15-13-19)22-7-9-23(10-8-22)33-18-20-4-2-1-3-5-20/h1-11,16,19H,12-15,17-18H2,(H,28,31)(H,29,32). The molecule has 2 heterocycles. The zero-order valence-corrected chi connectivity index (χ0v) is 18.8. The molecule has 4 aromatic rings. The lowest BCUT2D eigenvalue weighted by molar-refractivity contribution is 0.0945. The molecule has 0 radical (unpaired) electrons. The number of aromatic amines is 1. The third kappa shape index (κ3) is 5.14. The summed E-state index contributed by atoms with van der Waals surface area (Å²) in [6.07, 6.45) is 2.02. The molecule has 1 fully saturated rings. The van der Waals surface area contributed by atoms with Crippen molar-refractivity contribution < 1.29 is 13.9 Å². The van der Waals surface area contributed by atoms with Crippen molar-refractivity contribution in [1.82, 2.24) is 10.3 Å². The first-order chi connectivity index (χ1) is 16.6. The van der Waals surface area contributed by atoms with Gasteiger partial charge in [0.2, 0.25) is 0 Å². The second-order valence-electron chi connectivity index (χ2n) is 8.63. The number of nitrogens with zero attached hydrogens (tertiary/aromatic N) is 1. The van der Waals surface area contributed by atoms with Gasteiger partial charge < -0.3 is 19.4 Å². The summed E-state index contributed by atoms with van der Waals surface area (Å²) in [5.74, 6) is 0.623. The van der Waals surface area contributed by atoms with Crippen molar-refractivity contribution in [2.75, 3.05) is 24.5 Å². The normalized spacial score (nSPS) is 14.3. The number of oxazole rings is 1. The highest BCUT2D eigenvalue weighted by Gasteiger charge is 2.20. The summed E-state index contributed by atoms with van der Waals surface area (Å²) in [6.45, 7) is 3.09. The van der Waals surface area contributed by atoms with Crippen LogP contribution < -0.4 is 20.7 Å². The molecular weight excluding hydrogens is 430 g/mol. The molecule has 1 amide bonds. The van der Waals surface area contributed by atoms with E-state index in [1.54, 1.807) is 18.2 Å². The van der Waals surface area contributed by atoms with E-state index in [-0.39, 0.29) is 5.91 Å². The number of hydrogen-bond donors (Lipinski definition) is 2. The van der Waals surface area contributed by atoms with Crippen molar-refractivity contribution in [3.63, 3.8) is 0 Å². The van der Waals surface area contributed by atoms with Crippen molar-refractivity contribution in [1.29, 1.82) is 0 Å². The highest BCUT2D eigenvalue weighted by molar-refractivity contribution is 5.96. The monoisotopic (exact) mass is 457 g/mol. The smallest absolute Gasteiger partial charge is 0.417 e. The van der Waals surface area contributed by atoms with Crippen molar-refractivity contribution in [2.45, 2.75) is 19.4 Å². The lowest BCUT2D eigenvalue weighted by atomic mass is 9.96. The summed E-state index contributed by atoms with van der Waals surface area (Å²) in [5.41, 5.74) is 3.81. The predicted octanol–water partition coefficient (Wildman–Crippen LogP) is 4.35. The number of benzene rings is 3. The van der Waals surface area contributed by atoms with Gasteiger partial charge >= 0.3 is 5.76 Å². The molecule has 5 rings (SSSR count). The second kappa shape index (κ2) is 9.87. The van der Waals surface area contributed by atoms with Crippen LogP contribution in [0, 0.1) is 5.92 Å². The van der Waals surface area contributed by atoms with Crippen LogP contribution in [0.1, 0.15) is 28.8 Å². The minimum absolute atomic E-state index is 0.153. The summed E-state index contributed by atoms with van der Waals surface area (Å²) >= 11 is 0. The first kappa shape index (κ1) is 21.8. The average Bonchev–Trinajstić information content (AvgIpc) is 3.26. The van der Waals surface area contributed by atoms with Gasteiger partial charge in [-0.15, -0.1) is 0 Å². The van der Waals surface area contributed by atoms with E-state index in [1.165, 1.54) is 5.69 Å². The van der Waals surface area contributed by atoms with Gasteiger partial charge in [0.1, 0.15) is 12.4 Å². The fraction of sp³-hybridized carbons (Fsp3) is 0.259. The highest BCUT2D eigenvalue weighted by Crippen LogP contribution is 2.25. The average molecular weight is 458 g/mol. The molecule has 1 aliphatic heterocycles. The molecule has 0 atom stereocenters. The number of aromatic nitrogens is 1. The van der Waals surface area contributed by atoms with Gasteiger partial charge in [0.05, 0.1) is 5.52 Å². The third-order valence-electron chi connectivity index (χ3n) is 6.30. The number of nitrogens with one attached hydrogen (secondary N) is 2. The molecule has 3 aromatic carbocycles. The summed E-state index contributed by atoms with van der Waals surface area (Å²) < 4.78 is 10.9. The van der Waals surface area contributed by atoms with Crippen LogP contribution in [-0.4, -0.2) is 30.5 Å². The molecule has 0 saturated carbocycles. The molecule has 0 bridgehead atoms. The Balaban J connectivity index is 1.08. The number of anilines is 1. The summed E-state index contributed by atoms with van der Waals surface area (Å²) in [6, 6.07) is 23.4. The Morgan fingerprint density at radius 1 is 1.03 bits per heavy atom. The van der Waals surface area contributed by atoms with Gasteiger partial charge in [-0.05, 0) is 66.8 Å². The van der Waals surface area contributed by atoms with E-state index >= 15 is 0 Å². The van der Waals surface area contributed by atoms with Crippen LogP contribution in [0.15, 0.2) is 82.0 Å². The largest absolute Gasteiger partial charge is 0.489 e. The van der Waals surface area contributed by atoms with Crippen LogP contribution in [-0.2, 0) is 6.61 Å². The molecule has 0 spiro atoms. The van der Waals surface area contributed by atoms with Crippen LogP contribution in [0.2, 0.25) is 0 Å². The van der Waals surface area contributed by atoms with Crippen molar-refractivity contribution in [2.24, 2.45) is 5.92 Å². The molecule has 1 aromatic heterocycles. The molecule has 7 heteroatoms. The number of rotatable bonds is 7. The van der Waals surface area contributed by atoms with Gasteiger partial charge in [-0.1, -0.05) is 30.3 Å². The van der Waals surface area contributed by atoms with E-state index < -0.39 is 5.76 Å². The number of carbonyl (C=O) groups is 1. The van der Waals surface area contributed by atoms with E-state index in [0.29, 0.717) is 35.7 Å². The number of fused-ring (bicyclic) bond motifs is 1. The lowest BCUT2D eigenvalue weighted by Crippen LogP contribution is -2.38. The van der Waals surface area contributed by atoms with Crippen molar-refractivity contribution in [3.05, 3.63) is 94.5 Å². The maximum absolute atomic E-state index is 12.5. The molecule has 1 aliphatic rings. The van der Waals surface area contributed by atoms with Gasteiger partial charge in [0, 0.05) is 30.9 Å². The molecular formula is C27H27N3O4. The lowest BCUT2D eigenvalue weighted by Gasteiger charge is -2.33. The first-order valence-electron chi connectivity index (χ1n) is 11.6. The minimum atomic E-state index is -0.520. The fourth-order valence-electron chi connectivity index (χ4n) is 4.32. The van der Waals surface area contributed by atoms with Gasteiger partial charge in [-0.2, -0.15) is 0 Å². The number of hydrogen-bond acceptors (Lipinski definition) is 5. The SMILES string of the molecule is O=C(NCC1CCN(c2ccc(OCc3ccccc3)cc2)CC1)c1ccc2[nH]c(=O)oc2c1. The molecule has 0 unspecified atom stereocenters. The van der Waals surface area contributed by atoms with Crippen molar-refractivity contribution in [3.8, 4) is 5.75 Å². The van der Waals surface area contributed by atoms with E-state index in [9.17, 15) is 9.59 Å². The number of H-pyrrole nitrogens is 1. The van der Waals surface area contributed by atoms with Crippen LogP contribution in [0.3, 0.4) is 0 Å². The van der Waals surface area contributed by atoms with E-state index in [1.807, 2.05) is 30.3 Å². The van der Waals surface area contributed by atoms with E-state index in [0.717, 1.165) is 37.2 Å². The summed E-state index contributed by atoms with van der Waals surface area (Å²) in [5, 5.41) is 3.03. The highest BCUT2D eigenvalue weighted by atomic mass is 16.5. The Morgan fingerprint density at radius 2 is 1.79 bits per heavy atom. The van der Waals surface area contributed by atoms with Gasteiger partial charge in [-0.3, -0.25) is 9.78 Å². The Hall–Kier alpha value is -4.00. The summed E-state index contributed by atoms with van der Waals surface area (Å²) in [7, 11) is 0. The zero-order valence-electron chi connectivity index (χ0n) is 18.8. The molecule has 7 nitrogen and oxygen atoms in total. The Labute approximate surface area is 197 Å². The first-order valence-corrected chi connectivity index (χ1v) is 11.6. The van der Waals surface area contributed by atoms with Gasteiger partial charge in [-0.25, -0.2) is 4.79 Å². The molecule has 34 heavy (non-hydrogen) atoms. The van der Waals surface area contributed by atoms with Crippen molar-refractivity contribution >= 4 is 22.7 Å². The van der Waals surface area contributed by atoms with E-state index in [4.69, 9.17) is 9.15 Å². The molecule has 1 saturated heterocycles. The maximum Gasteiger partial charge on any atom is 0.417 e. The topological polar surface area (TPSA) is 87.6 Å². The number of ether oxygens (including phenoxy) is 1. The second-order valence-corrected chi connectivity index (χ2v) is 8.63. The molecule has 0 aliphatic carbocycles. The third-order valence-corrected chi connectivity index (χ3v) is 6.30. The van der Waals surface area contributed by atoms with Gasteiger partial charge in [0.25, 0.3) is 5.91 Å². The number of amides is 1. The Bertz CT molecular complexity index is 1300. The predicted molar refractivity (Wildman–Crippen MR) is 131 cm³/mol. The van der Waals surface area contributed by atoms with E-state index in [2.05, 4.69) is 39.5 Å². The Kier molecular flexibility index (Phi) is 6.33. The number of carbonyl (C=O) groups excluding carboxylic acids is 1. The van der Waals surface area contributed by atoms with Crippen LogP contribution in [0.5, 0.6) is 5.75 Å². The van der Waals surface area contributed by atoms with Gasteiger partial charge in [0.15, 0.2) is 5.58 Å². The van der Waals surface area contributed by atoms with Crippen LogP contribution in [0.25, 0.3) is 11.1 Å². The molecule has 2 N–H and O–H groups in total. The molecule has 174 valence electrons. The number of piperidine rings is 1. The van der Waals surface area contributed by atoms with Crippen LogP contribution >= 0.6 is 0 Å².